The van der Waals surface area contributed by atoms with Gasteiger partial charge in [0, 0.05) is 5.56 Å². The number of methoxy groups -OCH3 is 1. The molecule has 17 heavy (non-hydrogen) atoms. The molecule has 0 unspecified atom stereocenters. The number of hydrogen-bond donors (Lipinski definition) is 0. The lowest BCUT2D eigenvalue weighted by molar-refractivity contribution is 0.0601. The minimum atomic E-state index is -0.378. The molecular weight excluding hydrogens is 216 g/mol. The quantitative estimate of drug-likeness (QED) is 0.756. The van der Waals surface area contributed by atoms with E-state index < -0.39 is 0 Å². The molecule has 0 radical (unpaired) electrons. The average molecular weight is 228 g/mol. The summed E-state index contributed by atoms with van der Waals surface area (Å²) in [6.07, 6.45) is 1.62. The number of hydrogen-bond acceptors (Lipinski definition) is 3. The number of benzene rings is 1. The van der Waals surface area contributed by atoms with E-state index in [0.717, 1.165) is 0 Å². The lowest BCUT2D eigenvalue weighted by atomic mass is 10.1. The predicted molar refractivity (Wildman–Crippen MR) is 65.6 cm³/mol. The van der Waals surface area contributed by atoms with Gasteiger partial charge in [-0.15, -0.1) is 0 Å². The van der Waals surface area contributed by atoms with Gasteiger partial charge in [0.05, 0.1) is 12.7 Å². The smallest absolute Gasteiger partial charge is 0.338 e. The van der Waals surface area contributed by atoms with Crippen LogP contribution in [0, 0.1) is 0 Å². The zero-order valence-electron chi connectivity index (χ0n) is 9.47. The van der Waals surface area contributed by atoms with Crippen LogP contribution in [0.25, 0.3) is 17.4 Å². The summed E-state index contributed by atoms with van der Waals surface area (Å²) in [5.41, 5.74) is 1.20. The van der Waals surface area contributed by atoms with Gasteiger partial charge in [-0.3, -0.25) is 0 Å². The second-order valence-corrected chi connectivity index (χ2v) is 3.44. The highest BCUT2D eigenvalue weighted by Crippen LogP contribution is 2.26. The standard InChI is InChI=1S/C14H12O3/c1-3-10-8-9-13(17-10)11-6-4-5-7-12(11)14(15)16-2/h3-9H,1H2,2H3. The van der Waals surface area contributed by atoms with Crippen LogP contribution in [0.15, 0.2) is 47.4 Å². The Morgan fingerprint density at radius 1 is 1.29 bits per heavy atom. The second kappa shape index (κ2) is 4.70. The first-order valence-corrected chi connectivity index (χ1v) is 5.16. The first kappa shape index (κ1) is 11.2. The van der Waals surface area contributed by atoms with E-state index in [1.165, 1.54) is 7.11 Å². The molecule has 0 amide bonds. The molecule has 1 aromatic carbocycles. The fourth-order valence-electron chi connectivity index (χ4n) is 1.59. The second-order valence-electron chi connectivity index (χ2n) is 3.44. The molecule has 3 heteroatoms. The molecule has 0 bridgehead atoms. The van der Waals surface area contributed by atoms with Gasteiger partial charge in [0.25, 0.3) is 0 Å². The first-order valence-electron chi connectivity index (χ1n) is 5.16. The topological polar surface area (TPSA) is 39.4 Å². The van der Waals surface area contributed by atoms with E-state index in [2.05, 4.69) is 6.58 Å². The van der Waals surface area contributed by atoms with E-state index in [0.29, 0.717) is 22.6 Å². The number of rotatable bonds is 3. The maximum atomic E-state index is 11.6. The minimum absolute atomic E-state index is 0.378. The largest absolute Gasteiger partial charge is 0.465 e. The Morgan fingerprint density at radius 3 is 2.71 bits per heavy atom. The lowest BCUT2D eigenvalue weighted by Crippen LogP contribution is -2.02. The van der Waals surface area contributed by atoms with Crippen molar-refractivity contribution < 1.29 is 13.9 Å². The molecule has 0 saturated carbocycles. The van der Waals surface area contributed by atoms with Gasteiger partial charge in [-0.2, -0.15) is 0 Å². The number of carbonyl (C=O) groups is 1. The van der Waals surface area contributed by atoms with Crippen molar-refractivity contribution >= 4 is 12.0 Å². The predicted octanol–water partition coefficient (Wildman–Crippen LogP) is 3.38. The third kappa shape index (κ3) is 2.13. The fourth-order valence-corrected chi connectivity index (χ4v) is 1.59. The number of carbonyl (C=O) groups excluding carboxylic acids is 1. The van der Waals surface area contributed by atoms with E-state index in [4.69, 9.17) is 9.15 Å². The van der Waals surface area contributed by atoms with Gasteiger partial charge in [-0.1, -0.05) is 24.8 Å². The Labute approximate surface area is 99.3 Å². The molecule has 0 spiro atoms. The van der Waals surface area contributed by atoms with E-state index in [9.17, 15) is 4.79 Å². The van der Waals surface area contributed by atoms with Crippen LogP contribution >= 0.6 is 0 Å². The van der Waals surface area contributed by atoms with Crippen LogP contribution in [0.5, 0.6) is 0 Å². The third-order valence-corrected chi connectivity index (χ3v) is 2.43. The molecule has 1 aromatic heterocycles. The third-order valence-electron chi connectivity index (χ3n) is 2.43. The monoisotopic (exact) mass is 228 g/mol. The summed E-state index contributed by atoms with van der Waals surface area (Å²) in [4.78, 5) is 11.6. The Bertz CT molecular complexity index is 552. The van der Waals surface area contributed by atoms with Gasteiger partial charge in [-0.25, -0.2) is 4.79 Å². The summed E-state index contributed by atoms with van der Waals surface area (Å²) < 4.78 is 10.3. The van der Waals surface area contributed by atoms with Gasteiger partial charge in [0.1, 0.15) is 11.5 Å². The number of esters is 1. The first-order chi connectivity index (χ1) is 8.26. The van der Waals surface area contributed by atoms with Crippen molar-refractivity contribution in [2.75, 3.05) is 7.11 Å². The SMILES string of the molecule is C=Cc1ccc(-c2ccccc2C(=O)OC)o1. The Kier molecular flexibility index (Phi) is 3.10. The molecule has 1 heterocycles. The summed E-state index contributed by atoms with van der Waals surface area (Å²) in [7, 11) is 1.36. The minimum Gasteiger partial charge on any atom is -0.465 e. The molecule has 2 rings (SSSR count). The molecule has 0 aliphatic heterocycles. The molecule has 0 atom stereocenters. The maximum absolute atomic E-state index is 11.6. The van der Waals surface area contributed by atoms with Crippen molar-refractivity contribution in [2.45, 2.75) is 0 Å². The van der Waals surface area contributed by atoms with Gasteiger partial charge < -0.3 is 9.15 Å². The summed E-state index contributed by atoms with van der Waals surface area (Å²) in [6, 6.07) is 10.8. The highest BCUT2D eigenvalue weighted by Gasteiger charge is 2.14. The van der Waals surface area contributed by atoms with Crippen LogP contribution in [0.1, 0.15) is 16.1 Å². The van der Waals surface area contributed by atoms with Crippen LogP contribution < -0.4 is 0 Å². The highest BCUT2D eigenvalue weighted by molar-refractivity contribution is 5.96. The van der Waals surface area contributed by atoms with E-state index >= 15 is 0 Å². The molecule has 0 saturated heterocycles. The number of ether oxygens (including phenoxy) is 1. The molecule has 3 nitrogen and oxygen atoms in total. The van der Waals surface area contributed by atoms with E-state index in [1.54, 1.807) is 30.3 Å². The molecule has 0 aliphatic rings. The van der Waals surface area contributed by atoms with Crippen LogP contribution in [0.4, 0.5) is 0 Å². The van der Waals surface area contributed by atoms with Crippen molar-refractivity contribution in [3.63, 3.8) is 0 Å². The van der Waals surface area contributed by atoms with Gasteiger partial charge in [0.2, 0.25) is 0 Å². The Balaban J connectivity index is 2.51. The van der Waals surface area contributed by atoms with Crippen molar-refractivity contribution in [3.8, 4) is 11.3 Å². The molecule has 2 aromatic rings. The molecule has 0 aliphatic carbocycles. The fraction of sp³-hybridized carbons (Fsp3) is 0.0714. The number of furan rings is 1. The van der Waals surface area contributed by atoms with Crippen molar-refractivity contribution in [2.24, 2.45) is 0 Å². The van der Waals surface area contributed by atoms with Gasteiger partial charge in [0.15, 0.2) is 0 Å². The Hall–Kier alpha value is -2.29. The van der Waals surface area contributed by atoms with Crippen molar-refractivity contribution in [1.29, 1.82) is 0 Å². The van der Waals surface area contributed by atoms with Crippen molar-refractivity contribution in [3.05, 3.63) is 54.3 Å². The summed E-state index contributed by atoms with van der Waals surface area (Å²) in [6.45, 7) is 3.63. The lowest BCUT2D eigenvalue weighted by Gasteiger charge is -2.04. The zero-order chi connectivity index (χ0) is 12.3. The summed E-state index contributed by atoms with van der Waals surface area (Å²) >= 11 is 0. The highest BCUT2D eigenvalue weighted by atomic mass is 16.5. The van der Waals surface area contributed by atoms with Crippen LogP contribution in [-0.4, -0.2) is 13.1 Å². The maximum Gasteiger partial charge on any atom is 0.338 e. The average Bonchev–Trinajstić information content (AvgIpc) is 2.86. The molecule has 0 fully saturated rings. The molecular formula is C14H12O3. The summed E-state index contributed by atoms with van der Waals surface area (Å²) in [5.74, 6) is 0.915. The molecule has 0 N–H and O–H groups in total. The summed E-state index contributed by atoms with van der Waals surface area (Å²) in [5, 5.41) is 0. The zero-order valence-corrected chi connectivity index (χ0v) is 9.47. The molecule has 86 valence electrons. The van der Waals surface area contributed by atoms with Gasteiger partial charge in [-0.05, 0) is 24.3 Å². The van der Waals surface area contributed by atoms with Crippen LogP contribution in [0.3, 0.4) is 0 Å². The normalized spacial score (nSPS) is 9.94. The van der Waals surface area contributed by atoms with Crippen molar-refractivity contribution in [1.82, 2.24) is 0 Å². The van der Waals surface area contributed by atoms with Crippen LogP contribution in [0.2, 0.25) is 0 Å². The Morgan fingerprint density at radius 2 is 2.06 bits per heavy atom. The van der Waals surface area contributed by atoms with Crippen LogP contribution in [-0.2, 0) is 4.74 Å². The van der Waals surface area contributed by atoms with Gasteiger partial charge >= 0.3 is 5.97 Å². The van der Waals surface area contributed by atoms with E-state index in [-0.39, 0.29) is 5.97 Å². The van der Waals surface area contributed by atoms with E-state index in [1.807, 2.05) is 12.1 Å².